The molecule has 0 aliphatic carbocycles. The second-order valence-corrected chi connectivity index (χ2v) is 4.93. The first-order valence-corrected chi connectivity index (χ1v) is 7.60. The van der Waals surface area contributed by atoms with Gasteiger partial charge in [0.2, 0.25) is 0 Å². The smallest absolute Gasteiger partial charge is 0.253 e. The lowest BCUT2D eigenvalue weighted by molar-refractivity contribution is -0.131. The zero-order chi connectivity index (χ0) is 13.5. The maximum absolute atomic E-state index is 12.3. The zero-order valence-electron chi connectivity index (χ0n) is 11.8. The molecular formula is C14H25ClN2O. The minimum absolute atomic E-state index is 0.198. The molecule has 0 bridgehead atoms. The van der Waals surface area contributed by atoms with Gasteiger partial charge in [-0.25, -0.2) is 0 Å². The highest BCUT2D eigenvalue weighted by atomic mass is 35.5. The average molecular weight is 273 g/mol. The number of carbonyl (C=O) groups excluding carboxylic acids is 1. The molecule has 0 aromatic rings. The molecule has 1 fully saturated rings. The number of nitrogens with one attached hydrogen (secondary N) is 1. The summed E-state index contributed by atoms with van der Waals surface area (Å²) >= 11 is 5.74. The summed E-state index contributed by atoms with van der Waals surface area (Å²) in [5.41, 5.74) is 1.89. The summed E-state index contributed by atoms with van der Waals surface area (Å²) in [4.78, 5) is 14.3. The molecular weight excluding hydrogens is 248 g/mol. The van der Waals surface area contributed by atoms with Crippen molar-refractivity contribution in [1.29, 1.82) is 0 Å². The summed E-state index contributed by atoms with van der Waals surface area (Å²) < 4.78 is 0. The van der Waals surface area contributed by atoms with Crippen LogP contribution in [0.2, 0.25) is 0 Å². The van der Waals surface area contributed by atoms with Crippen molar-refractivity contribution in [2.24, 2.45) is 0 Å². The second-order valence-electron chi connectivity index (χ2n) is 4.55. The fraction of sp³-hybridized carbons (Fsp3) is 0.786. The van der Waals surface area contributed by atoms with Crippen molar-refractivity contribution in [3.8, 4) is 0 Å². The van der Waals surface area contributed by atoms with E-state index in [2.05, 4.69) is 5.32 Å². The summed E-state index contributed by atoms with van der Waals surface area (Å²) in [6, 6.07) is 0. The molecule has 2 aliphatic rings. The van der Waals surface area contributed by atoms with Crippen LogP contribution >= 0.6 is 11.6 Å². The molecule has 1 amide bonds. The van der Waals surface area contributed by atoms with Crippen LogP contribution in [-0.4, -0.2) is 29.4 Å². The Balaban J connectivity index is 0.000000771. The molecule has 104 valence electrons. The van der Waals surface area contributed by atoms with E-state index in [1.807, 2.05) is 25.7 Å². The Labute approximate surface area is 116 Å². The minimum Gasteiger partial charge on any atom is -0.368 e. The minimum atomic E-state index is 0.198. The van der Waals surface area contributed by atoms with Gasteiger partial charge in [0, 0.05) is 23.7 Å². The largest absolute Gasteiger partial charge is 0.368 e. The quantitative estimate of drug-likeness (QED) is 0.783. The molecule has 1 N–H and O–H groups in total. The highest BCUT2D eigenvalue weighted by Gasteiger charge is 2.32. The number of alkyl halides is 1. The van der Waals surface area contributed by atoms with Crippen LogP contribution in [0.15, 0.2) is 11.3 Å². The van der Waals surface area contributed by atoms with Gasteiger partial charge in [0.15, 0.2) is 0 Å². The van der Waals surface area contributed by atoms with Crippen molar-refractivity contribution < 1.29 is 4.79 Å². The van der Waals surface area contributed by atoms with E-state index in [1.165, 1.54) is 12.8 Å². The average Bonchev–Trinajstić information content (AvgIpc) is 2.62. The molecule has 0 aromatic carbocycles. The van der Waals surface area contributed by atoms with Crippen LogP contribution < -0.4 is 5.32 Å². The number of hydrogen-bond donors (Lipinski definition) is 1. The van der Waals surface area contributed by atoms with Crippen molar-refractivity contribution in [3.05, 3.63) is 11.3 Å². The van der Waals surface area contributed by atoms with E-state index in [4.69, 9.17) is 11.6 Å². The number of carbonyl (C=O) groups is 1. The van der Waals surface area contributed by atoms with Gasteiger partial charge < -0.3 is 10.2 Å². The Kier molecular flexibility index (Phi) is 6.55. The molecule has 1 unspecified atom stereocenters. The van der Waals surface area contributed by atoms with Crippen molar-refractivity contribution >= 4 is 17.5 Å². The van der Waals surface area contributed by atoms with Gasteiger partial charge in [-0.2, -0.15) is 0 Å². The summed E-state index contributed by atoms with van der Waals surface area (Å²) in [6.07, 6.45) is 5.51. The molecule has 0 aromatic heterocycles. The van der Waals surface area contributed by atoms with Crippen LogP contribution in [-0.2, 0) is 4.79 Å². The standard InChI is InChI=1S/C12H19ClN2O.C2H6/c1-9-10(6-7-13)12(16)15-8-4-2-3-5-11(15)14-9;1-2/h11,14H,2-8H2,1H3;1-2H3. The van der Waals surface area contributed by atoms with E-state index < -0.39 is 0 Å². The predicted molar refractivity (Wildman–Crippen MR) is 76.5 cm³/mol. The third-order valence-electron chi connectivity index (χ3n) is 3.45. The van der Waals surface area contributed by atoms with E-state index in [0.29, 0.717) is 12.3 Å². The first-order valence-electron chi connectivity index (χ1n) is 7.07. The topological polar surface area (TPSA) is 32.3 Å². The molecule has 2 rings (SSSR count). The number of rotatable bonds is 2. The van der Waals surface area contributed by atoms with Crippen molar-refractivity contribution in [3.63, 3.8) is 0 Å². The first-order chi connectivity index (χ1) is 8.74. The van der Waals surface area contributed by atoms with Crippen molar-refractivity contribution in [2.45, 2.75) is 59.0 Å². The summed E-state index contributed by atoms with van der Waals surface area (Å²) in [6.45, 7) is 6.87. The van der Waals surface area contributed by atoms with Crippen LogP contribution in [0, 0.1) is 0 Å². The van der Waals surface area contributed by atoms with Gasteiger partial charge in [-0.1, -0.05) is 20.3 Å². The highest BCUT2D eigenvalue weighted by molar-refractivity contribution is 6.18. The van der Waals surface area contributed by atoms with E-state index in [1.54, 1.807) is 0 Å². The lowest BCUT2D eigenvalue weighted by atomic mass is 10.1. The van der Waals surface area contributed by atoms with E-state index in [-0.39, 0.29) is 12.1 Å². The number of fused-ring (bicyclic) bond motifs is 1. The number of allylic oxidation sites excluding steroid dienone is 1. The number of nitrogens with zero attached hydrogens (tertiary/aromatic N) is 1. The SMILES string of the molecule is CC.CC1=C(CCCl)C(=O)N2CCCCCC2N1. The van der Waals surface area contributed by atoms with Crippen LogP contribution in [0.3, 0.4) is 0 Å². The van der Waals surface area contributed by atoms with Gasteiger partial charge in [0.1, 0.15) is 6.17 Å². The third kappa shape index (κ3) is 3.41. The van der Waals surface area contributed by atoms with Crippen molar-refractivity contribution in [2.75, 3.05) is 12.4 Å². The van der Waals surface area contributed by atoms with Gasteiger partial charge in [0.05, 0.1) is 0 Å². The van der Waals surface area contributed by atoms with E-state index >= 15 is 0 Å². The molecule has 1 atom stereocenters. The van der Waals surface area contributed by atoms with Gasteiger partial charge in [-0.15, -0.1) is 11.6 Å². The normalized spacial score (nSPS) is 23.7. The lowest BCUT2D eigenvalue weighted by Gasteiger charge is -2.37. The van der Waals surface area contributed by atoms with E-state index in [0.717, 1.165) is 30.7 Å². The summed E-state index contributed by atoms with van der Waals surface area (Å²) in [5.74, 6) is 0.710. The monoisotopic (exact) mass is 272 g/mol. The van der Waals surface area contributed by atoms with Gasteiger partial charge in [-0.05, 0) is 32.6 Å². The maximum Gasteiger partial charge on any atom is 0.253 e. The van der Waals surface area contributed by atoms with Crippen LogP contribution in [0.1, 0.15) is 52.9 Å². The molecule has 1 saturated heterocycles. The molecule has 0 spiro atoms. The molecule has 0 radical (unpaired) electrons. The van der Waals surface area contributed by atoms with Gasteiger partial charge >= 0.3 is 0 Å². The fourth-order valence-corrected chi connectivity index (χ4v) is 2.75. The maximum atomic E-state index is 12.3. The fourth-order valence-electron chi connectivity index (χ4n) is 2.56. The molecule has 4 heteroatoms. The summed E-state index contributed by atoms with van der Waals surface area (Å²) in [5, 5.41) is 3.45. The number of amides is 1. The van der Waals surface area contributed by atoms with Crippen LogP contribution in [0.5, 0.6) is 0 Å². The van der Waals surface area contributed by atoms with Crippen molar-refractivity contribution in [1.82, 2.24) is 10.2 Å². The Hall–Kier alpha value is -0.700. The van der Waals surface area contributed by atoms with Crippen LogP contribution in [0.25, 0.3) is 0 Å². The molecule has 2 heterocycles. The Morgan fingerprint density at radius 3 is 2.72 bits per heavy atom. The Morgan fingerprint density at radius 2 is 2.06 bits per heavy atom. The molecule has 2 aliphatic heterocycles. The number of halogens is 1. The highest BCUT2D eigenvalue weighted by Crippen LogP contribution is 2.24. The van der Waals surface area contributed by atoms with Gasteiger partial charge in [-0.3, -0.25) is 4.79 Å². The Morgan fingerprint density at radius 1 is 1.33 bits per heavy atom. The molecule has 3 nitrogen and oxygen atoms in total. The zero-order valence-corrected chi connectivity index (χ0v) is 12.5. The lowest BCUT2D eigenvalue weighted by Crippen LogP contribution is -2.52. The predicted octanol–water partition coefficient (Wildman–Crippen LogP) is 3.25. The third-order valence-corrected chi connectivity index (χ3v) is 3.64. The molecule has 0 saturated carbocycles. The second kappa shape index (κ2) is 7.67. The van der Waals surface area contributed by atoms with E-state index in [9.17, 15) is 4.79 Å². The van der Waals surface area contributed by atoms with Crippen LogP contribution in [0.4, 0.5) is 0 Å². The number of hydrogen-bond acceptors (Lipinski definition) is 2. The Bertz CT molecular complexity index is 315. The van der Waals surface area contributed by atoms with Gasteiger partial charge in [0.25, 0.3) is 5.91 Å². The molecule has 18 heavy (non-hydrogen) atoms. The summed E-state index contributed by atoms with van der Waals surface area (Å²) in [7, 11) is 0. The first kappa shape index (κ1) is 15.4.